The van der Waals surface area contributed by atoms with Gasteiger partial charge in [0.2, 0.25) is 0 Å². The van der Waals surface area contributed by atoms with Gasteiger partial charge in [0.15, 0.2) is 11.4 Å². The predicted octanol–water partition coefficient (Wildman–Crippen LogP) is 4.83. The second-order valence-corrected chi connectivity index (χ2v) is 9.35. The van der Waals surface area contributed by atoms with Gasteiger partial charge in [-0.2, -0.15) is 0 Å². The Hall–Kier alpha value is -3.62. The highest BCUT2D eigenvalue weighted by Gasteiger charge is 2.37. The number of hydrogen-bond donors (Lipinski definition) is 2. The molecule has 0 radical (unpaired) electrons. The zero-order valence-corrected chi connectivity index (χ0v) is 19.5. The summed E-state index contributed by atoms with van der Waals surface area (Å²) in [5, 5.41) is 12.1. The molecule has 1 amide bonds. The van der Waals surface area contributed by atoms with Crippen molar-refractivity contribution in [3.63, 3.8) is 0 Å². The van der Waals surface area contributed by atoms with E-state index in [1.807, 2.05) is 12.1 Å². The van der Waals surface area contributed by atoms with Crippen LogP contribution in [0.4, 0.5) is 9.18 Å². The molecular weight excluding hydrogens is 453 g/mol. The molecule has 3 aromatic rings. The third-order valence-corrected chi connectivity index (χ3v) is 6.97. The first-order valence-corrected chi connectivity index (χ1v) is 12.0. The van der Waals surface area contributed by atoms with E-state index in [1.54, 1.807) is 23.6 Å². The van der Waals surface area contributed by atoms with Crippen LogP contribution in [0.2, 0.25) is 0 Å². The molecule has 5 rings (SSSR count). The molecule has 2 N–H and O–H groups in total. The highest BCUT2D eigenvalue weighted by atomic mass is 19.1. The van der Waals surface area contributed by atoms with Gasteiger partial charge in [0.1, 0.15) is 17.6 Å². The summed E-state index contributed by atoms with van der Waals surface area (Å²) in [6, 6.07) is 7.10. The number of amides is 1. The van der Waals surface area contributed by atoms with Crippen LogP contribution in [0.5, 0.6) is 5.75 Å². The number of aryl methyl sites for hydroxylation is 1. The lowest BCUT2D eigenvalue weighted by Gasteiger charge is -2.22. The molecule has 0 aliphatic heterocycles. The van der Waals surface area contributed by atoms with Gasteiger partial charge in [0.05, 0.1) is 18.3 Å². The maximum absolute atomic E-state index is 13.7. The van der Waals surface area contributed by atoms with Gasteiger partial charge in [0, 0.05) is 12.6 Å². The van der Waals surface area contributed by atoms with Gasteiger partial charge < -0.3 is 19.9 Å². The predicted molar refractivity (Wildman–Crippen MR) is 125 cm³/mol. The van der Waals surface area contributed by atoms with Crippen molar-refractivity contribution >= 4 is 17.7 Å². The Morgan fingerprint density at radius 3 is 2.80 bits per heavy atom. The minimum Gasteiger partial charge on any atom is -0.489 e. The monoisotopic (exact) mass is 481 g/mol. The quantitative estimate of drug-likeness (QED) is 0.489. The Morgan fingerprint density at radius 2 is 2.03 bits per heavy atom. The van der Waals surface area contributed by atoms with Crippen LogP contribution in [-0.2, 0) is 11.2 Å². The third kappa shape index (κ3) is 4.67. The molecule has 2 atom stereocenters. The standard InChI is InChI=1S/C26H28FN3O5/c1-15-23(30-11-5-8-20(24(30)28-15)34-14-16-6-3-2-4-7-16)25(31)29-22-19-10-9-18(27)12-17(19)13-21(22)35-26(32)33/h5,8-12,16,21-22H,2-4,6-7,13-14H2,1H3,(H,29,31)(H,32,33)/t21-,22+/m1/s1. The van der Waals surface area contributed by atoms with E-state index in [0.29, 0.717) is 46.4 Å². The molecule has 2 heterocycles. The minimum absolute atomic E-state index is 0.176. The molecule has 0 saturated heterocycles. The second kappa shape index (κ2) is 9.56. The molecule has 184 valence electrons. The number of nitrogens with one attached hydrogen (secondary N) is 1. The molecule has 2 aromatic heterocycles. The number of aromatic nitrogens is 2. The van der Waals surface area contributed by atoms with Crippen LogP contribution in [0.15, 0.2) is 36.5 Å². The number of ether oxygens (including phenoxy) is 2. The Morgan fingerprint density at radius 1 is 1.23 bits per heavy atom. The minimum atomic E-state index is -1.45. The van der Waals surface area contributed by atoms with E-state index in [0.717, 1.165) is 12.8 Å². The highest BCUT2D eigenvalue weighted by Crippen LogP contribution is 2.35. The van der Waals surface area contributed by atoms with E-state index < -0.39 is 30.0 Å². The lowest BCUT2D eigenvalue weighted by molar-refractivity contribution is 0.0382. The van der Waals surface area contributed by atoms with Crippen LogP contribution in [0.1, 0.15) is 65.5 Å². The van der Waals surface area contributed by atoms with Crippen LogP contribution >= 0.6 is 0 Å². The Kier molecular flexibility index (Phi) is 6.32. The molecular formula is C26H28FN3O5. The summed E-state index contributed by atoms with van der Waals surface area (Å²) in [6.45, 7) is 2.37. The number of pyridine rings is 1. The second-order valence-electron chi connectivity index (χ2n) is 9.35. The average Bonchev–Trinajstić information content (AvgIpc) is 3.34. The Balaban J connectivity index is 1.40. The van der Waals surface area contributed by atoms with E-state index in [4.69, 9.17) is 14.6 Å². The number of carbonyl (C=O) groups excluding carboxylic acids is 1. The van der Waals surface area contributed by atoms with Gasteiger partial charge in [0.25, 0.3) is 5.91 Å². The first-order chi connectivity index (χ1) is 16.9. The number of rotatable bonds is 6. The summed E-state index contributed by atoms with van der Waals surface area (Å²) >= 11 is 0. The van der Waals surface area contributed by atoms with E-state index in [-0.39, 0.29) is 6.42 Å². The molecule has 2 aliphatic rings. The van der Waals surface area contributed by atoms with E-state index in [2.05, 4.69) is 10.3 Å². The van der Waals surface area contributed by atoms with Gasteiger partial charge in [-0.15, -0.1) is 0 Å². The summed E-state index contributed by atoms with van der Waals surface area (Å²) < 4.78 is 26.6. The van der Waals surface area contributed by atoms with E-state index in [9.17, 15) is 14.0 Å². The van der Waals surface area contributed by atoms with Crippen LogP contribution < -0.4 is 10.1 Å². The van der Waals surface area contributed by atoms with Gasteiger partial charge in [-0.25, -0.2) is 14.2 Å². The highest BCUT2D eigenvalue weighted by molar-refractivity contribution is 5.95. The molecule has 2 aliphatic carbocycles. The largest absolute Gasteiger partial charge is 0.506 e. The van der Waals surface area contributed by atoms with E-state index in [1.165, 1.54) is 31.4 Å². The average molecular weight is 482 g/mol. The topological polar surface area (TPSA) is 102 Å². The fraction of sp³-hybridized carbons (Fsp3) is 0.423. The molecule has 1 fully saturated rings. The Bertz CT molecular complexity index is 1270. The van der Waals surface area contributed by atoms with Crippen molar-refractivity contribution in [3.8, 4) is 5.75 Å². The van der Waals surface area contributed by atoms with Crippen molar-refractivity contribution in [1.29, 1.82) is 0 Å². The maximum Gasteiger partial charge on any atom is 0.506 e. The molecule has 9 heteroatoms. The molecule has 8 nitrogen and oxygen atoms in total. The van der Waals surface area contributed by atoms with Crippen molar-refractivity contribution in [1.82, 2.24) is 14.7 Å². The Labute approximate surface area is 202 Å². The number of fused-ring (bicyclic) bond motifs is 2. The van der Waals surface area contributed by atoms with Crippen LogP contribution in [0.3, 0.4) is 0 Å². The molecule has 35 heavy (non-hydrogen) atoms. The van der Waals surface area contributed by atoms with Gasteiger partial charge in [-0.3, -0.25) is 9.20 Å². The fourth-order valence-electron chi connectivity index (χ4n) is 5.31. The van der Waals surface area contributed by atoms with Crippen molar-refractivity contribution in [2.45, 2.75) is 57.6 Å². The first kappa shape index (κ1) is 23.1. The summed E-state index contributed by atoms with van der Waals surface area (Å²) in [6.07, 6.45) is 5.69. The molecule has 0 unspecified atom stereocenters. The number of carboxylic acid groups (broad SMARTS) is 1. The number of benzene rings is 1. The number of nitrogens with zero attached hydrogens (tertiary/aromatic N) is 2. The smallest absolute Gasteiger partial charge is 0.489 e. The number of carbonyl (C=O) groups is 2. The molecule has 0 bridgehead atoms. The number of imidazole rings is 1. The first-order valence-electron chi connectivity index (χ1n) is 12.0. The SMILES string of the molecule is Cc1nc2c(OCC3CCCCC3)cccn2c1C(=O)N[C@H]1c2ccc(F)cc2C[C@H]1OC(=O)O. The van der Waals surface area contributed by atoms with Crippen molar-refractivity contribution in [2.24, 2.45) is 5.92 Å². The summed E-state index contributed by atoms with van der Waals surface area (Å²) in [4.78, 5) is 29.3. The lowest BCUT2D eigenvalue weighted by Crippen LogP contribution is -2.37. The zero-order valence-electron chi connectivity index (χ0n) is 19.5. The van der Waals surface area contributed by atoms with Crippen LogP contribution in [0.25, 0.3) is 5.65 Å². The van der Waals surface area contributed by atoms with Crippen LogP contribution in [0, 0.1) is 18.7 Å². The van der Waals surface area contributed by atoms with Gasteiger partial charge in [-0.05, 0) is 61.1 Å². The lowest BCUT2D eigenvalue weighted by atomic mass is 9.90. The number of halogens is 1. The van der Waals surface area contributed by atoms with Gasteiger partial charge >= 0.3 is 6.16 Å². The maximum atomic E-state index is 13.7. The summed E-state index contributed by atoms with van der Waals surface area (Å²) in [5.41, 5.74) is 2.64. The van der Waals surface area contributed by atoms with Crippen molar-refractivity contribution in [3.05, 3.63) is 64.9 Å². The fourth-order valence-corrected chi connectivity index (χ4v) is 5.31. The zero-order chi connectivity index (χ0) is 24.5. The van der Waals surface area contributed by atoms with Crippen LogP contribution in [-0.4, -0.2) is 39.3 Å². The summed E-state index contributed by atoms with van der Waals surface area (Å²) in [5.74, 6) is 0.291. The normalized spacial score (nSPS) is 19.9. The van der Waals surface area contributed by atoms with Crippen molar-refractivity contribution in [2.75, 3.05) is 6.61 Å². The number of hydrogen-bond acceptors (Lipinski definition) is 5. The van der Waals surface area contributed by atoms with E-state index >= 15 is 0 Å². The molecule has 0 spiro atoms. The van der Waals surface area contributed by atoms with Crippen molar-refractivity contribution < 1.29 is 28.6 Å². The summed E-state index contributed by atoms with van der Waals surface area (Å²) in [7, 11) is 0. The molecule has 1 saturated carbocycles. The third-order valence-electron chi connectivity index (χ3n) is 6.97. The molecule has 1 aromatic carbocycles. The van der Waals surface area contributed by atoms with Gasteiger partial charge in [-0.1, -0.05) is 25.3 Å².